The molecule has 0 unspecified atom stereocenters. The first-order valence-electron chi connectivity index (χ1n) is 8.72. The van der Waals surface area contributed by atoms with Crippen molar-refractivity contribution in [3.63, 3.8) is 0 Å². The molecule has 0 spiro atoms. The lowest BCUT2D eigenvalue weighted by atomic mass is 9.95. The molecule has 0 saturated heterocycles. The highest BCUT2D eigenvalue weighted by Crippen LogP contribution is 2.29. The number of hydrogen-bond acceptors (Lipinski definition) is 3. The molecule has 1 aliphatic rings. The standard InChI is InChI=1S/C19H24N2O3/c1-2-24-19(23)10-9-18(22)20-12-13-7-8-17-15(11-13)14-5-3-4-6-16(14)21-17/h7-8,11,21H,2-6,9-10,12H2,1H3,(H,20,22). The van der Waals surface area contributed by atoms with Gasteiger partial charge in [0.2, 0.25) is 5.91 Å². The van der Waals surface area contributed by atoms with Crippen molar-refractivity contribution >= 4 is 22.8 Å². The first-order valence-corrected chi connectivity index (χ1v) is 8.72. The molecular weight excluding hydrogens is 304 g/mol. The van der Waals surface area contributed by atoms with E-state index < -0.39 is 0 Å². The number of rotatable bonds is 6. The Hall–Kier alpha value is -2.30. The van der Waals surface area contributed by atoms with Crippen LogP contribution in [0.15, 0.2) is 18.2 Å². The average molecular weight is 328 g/mol. The van der Waals surface area contributed by atoms with Crippen LogP contribution in [0.25, 0.3) is 10.9 Å². The minimum atomic E-state index is -0.326. The molecule has 0 fully saturated rings. The van der Waals surface area contributed by atoms with E-state index in [9.17, 15) is 9.59 Å². The number of benzene rings is 1. The molecule has 0 bridgehead atoms. The Bertz CT molecular complexity index is 748. The van der Waals surface area contributed by atoms with Crippen LogP contribution in [-0.2, 0) is 33.7 Å². The lowest BCUT2D eigenvalue weighted by molar-refractivity contribution is -0.144. The third-order valence-electron chi connectivity index (χ3n) is 4.51. The van der Waals surface area contributed by atoms with E-state index in [1.54, 1.807) is 6.92 Å². The molecule has 0 saturated carbocycles. The number of H-pyrrole nitrogens is 1. The largest absolute Gasteiger partial charge is 0.466 e. The maximum atomic E-state index is 11.8. The monoisotopic (exact) mass is 328 g/mol. The minimum Gasteiger partial charge on any atom is -0.466 e. The number of aryl methyl sites for hydroxylation is 2. The van der Waals surface area contributed by atoms with Crippen molar-refractivity contribution in [1.29, 1.82) is 0 Å². The normalized spacial score (nSPS) is 13.5. The summed E-state index contributed by atoms with van der Waals surface area (Å²) < 4.78 is 4.82. The molecule has 1 aromatic carbocycles. The maximum absolute atomic E-state index is 11.8. The summed E-state index contributed by atoms with van der Waals surface area (Å²) in [5, 5.41) is 4.16. The van der Waals surface area contributed by atoms with Crippen LogP contribution in [0.1, 0.15) is 49.4 Å². The van der Waals surface area contributed by atoms with Gasteiger partial charge >= 0.3 is 5.97 Å². The summed E-state index contributed by atoms with van der Waals surface area (Å²) in [7, 11) is 0. The molecule has 24 heavy (non-hydrogen) atoms. The average Bonchev–Trinajstić information content (AvgIpc) is 2.96. The molecule has 2 N–H and O–H groups in total. The van der Waals surface area contributed by atoms with Crippen molar-refractivity contribution in [2.75, 3.05) is 6.61 Å². The molecule has 2 aromatic rings. The van der Waals surface area contributed by atoms with E-state index in [4.69, 9.17) is 4.74 Å². The number of aromatic amines is 1. The molecule has 1 amide bonds. The zero-order valence-electron chi connectivity index (χ0n) is 14.1. The van der Waals surface area contributed by atoms with Gasteiger partial charge in [-0.1, -0.05) is 6.07 Å². The summed E-state index contributed by atoms with van der Waals surface area (Å²) in [5.41, 5.74) is 5.07. The van der Waals surface area contributed by atoms with Gasteiger partial charge in [0.15, 0.2) is 0 Å². The van der Waals surface area contributed by atoms with Gasteiger partial charge in [0.25, 0.3) is 0 Å². The zero-order valence-corrected chi connectivity index (χ0v) is 14.1. The summed E-state index contributed by atoms with van der Waals surface area (Å²) >= 11 is 0. The van der Waals surface area contributed by atoms with E-state index in [2.05, 4.69) is 22.4 Å². The first kappa shape index (κ1) is 16.6. The van der Waals surface area contributed by atoms with Gasteiger partial charge in [-0.05, 0) is 55.9 Å². The smallest absolute Gasteiger partial charge is 0.306 e. The molecule has 3 rings (SSSR count). The van der Waals surface area contributed by atoms with Crippen LogP contribution >= 0.6 is 0 Å². The molecule has 5 nitrogen and oxygen atoms in total. The second-order valence-electron chi connectivity index (χ2n) is 6.25. The van der Waals surface area contributed by atoms with Crippen LogP contribution in [0.4, 0.5) is 0 Å². The van der Waals surface area contributed by atoms with Crippen LogP contribution in [0.3, 0.4) is 0 Å². The van der Waals surface area contributed by atoms with Crippen LogP contribution < -0.4 is 5.32 Å². The molecule has 1 aliphatic carbocycles. The number of amides is 1. The van der Waals surface area contributed by atoms with Crippen molar-refractivity contribution in [3.05, 3.63) is 35.0 Å². The zero-order chi connectivity index (χ0) is 16.9. The number of esters is 1. The van der Waals surface area contributed by atoms with Gasteiger partial charge in [0, 0.05) is 29.6 Å². The van der Waals surface area contributed by atoms with Gasteiger partial charge in [-0.3, -0.25) is 9.59 Å². The van der Waals surface area contributed by atoms with Crippen LogP contribution in [0.5, 0.6) is 0 Å². The van der Waals surface area contributed by atoms with Gasteiger partial charge < -0.3 is 15.0 Å². The predicted molar refractivity (Wildman–Crippen MR) is 92.7 cm³/mol. The molecular formula is C19H24N2O3. The highest BCUT2D eigenvalue weighted by atomic mass is 16.5. The van der Waals surface area contributed by atoms with Crippen LogP contribution in [0, 0.1) is 0 Å². The number of fused-ring (bicyclic) bond motifs is 3. The topological polar surface area (TPSA) is 71.2 Å². The Labute approximate surface area is 141 Å². The molecule has 128 valence electrons. The Kier molecular flexibility index (Phi) is 5.18. The number of ether oxygens (including phenoxy) is 1. The lowest BCUT2D eigenvalue weighted by Gasteiger charge is -2.10. The highest BCUT2D eigenvalue weighted by molar-refractivity contribution is 5.86. The summed E-state index contributed by atoms with van der Waals surface area (Å²) in [6.45, 7) is 2.59. The van der Waals surface area contributed by atoms with Gasteiger partial charge in [0.1, 0.15) is 0 Å². The molecule has 0 radical (unpaired) electrons. The van der Waals surface area contributed by atoms with Crippen molar-refractivity contribution in [1.82, 2.24) is 10.3 Å². The van der Waals surface area contributed by atoms with Gasteiger partial charge in [-0.25, -0.2) is 0 Å². The van der Waals surface area contributed by atoms with E-state index in [1.807, 2.05) is 6.07 Å². The number of carbonyl (C=O) groups is 2. The number of nitrogens with one attached hydrogen (secondary N) is 2. The molecule has 5 heteroatoms. The molecule has 1 heterocycles. The highest BCUT2D eigenvalue weighted by Gasteiger charge is 2.15. The summed E-state index contributed by atoms with van der Waals surface area (Å²) in [4.78, 5) is 26.6. The third-order valence-corrected chi connectivity index (χ3v) is 4.51. The SMILES string of the molecule is CCOC(=O)CCC(=O)NCc1ccc2[nH]c3c(c2c1)CCCC3. The van der Waals surface area contributed by atoms with Crippen molar-refractivity contribution < 1.29 is 14.3 Å². The van der Waals surface area contributed by atoms with E-state index in [-0.39, 0.29) is 24.7 Å². The van der Waals surface area contributed by atoms with Crippen LogP contribution in [0.2, 0.25) is 0 Å². The molecule has 1 aromatic heterocycles. The second kappa shape index (κ2) is 7.51. The third kappa shape index (κ3) is 3.78. The Morgan fingerprint density at radius 2 is 2.04 bits per heavy atom. The Balaban J connectivity index is 1.59. The number of aromatic nitrogens is 1. The Morgan fingerprint density at radius 3 is 2.88 bits per heavy atom. The lowest BCUT2D eigenvalue weighted by Crippen LogP contribution is -2.23. The summed E-state index contributed by atoms with van der Waals surface area (Å²) in [6, 6.07) is 6.30. The fourth-order valence-corrected chi connectivity index (χ4v) is 3.30. The first-order chi connectivity index (χ1) is 11.7. The van der Waals surface area contributed by atoms with E-state index in [0.29, 0.717) is 13.2 Å². The van der Waals surface area contributed by atoms with Crippen molar-refractivity contribution in [2.24, 2.45) is 0 Å². The van der Waals surface area contributed by atoms with E-state index in [0.717, 1.165) is 18.4 Å². The second-order valence-corrected chi connectivity index (χ2v) is 6.25. The van der Waals surface area contributed by atoms with Gasteiger partial charge in [-0.2, -0.15) is 0 Å². The molecule has 0 atom stereocenters. The summed E-state index contributed by atoms with van der Waals surface area (Å²) in [6.07, 6.45) is 5.05. The fraction of sp³-hybridized carbons (Fsp3) is 0.474. The maximum Gasteiger partial charge on any atom is 0.306 e. The van der Waals surface area contributed by atoms with E-state index >= 15 is 0 Å². The van der Waals surface area contributed by atoms with Gasteiger partial charge in [-0.15, -0.1) is 0 Å². The van der Waals surface area contributed by atoms with Crippen molar-refractivity contribution in [2.45, 2.75) is 52.0 Å². The number of hydrogen-bond donors (Lipinski definition) is 2. The summed E-state index contributed by atoms with van der Waals surface area (Å²) in [5.74, 6) is -0.452. The van der Waals surface area contributed by atoms with Crippen molar-refractivity contribution in [3.8, 4) is 0 Å². The number of carbonyl (C=O) groups excluding carboxylic acids is 2. The van der Waals surface area contributed by atoms with E-state index in [1.165, 1.54) is 35.0 Å². The predicted octanol–water partition coefficient (Wildman–Crippen LogP) is 3.01. The fourth-order valence-electron chi connectivity index (χ4n) is 3.30. The van der Waals surface area contributed by atoms with Gasteiger partial charge in [0.05, 0.1) is 13.0 Å². The van der Waals surface area contributed by atoms with Crippen LogP contribution in [-0.4, -0.2) is 23.5 Å². The Morgan fingerprint density at radius 1 is 1.21 bits per heavy atom. The minimum absolute atomic E-state index is 0.126. The quantitative estimate of drug-likeness (QED) is 0.801. The molecule has 0 aliphatic heterocycles.